The Labute approximate surface area is 129 Å². The molecule has 2 nitrogen and oxygen atoms in total. The molecule has 0 saturated carbocycles. The van der Waals surface area contributed by atoms with E-state index in [4.69, 9.17) is 0 Å². The third kappa shape index (κ3) is 5.17. The molecule has 0 bridgehead atoms. The summed E-state index contributed by atoms with van der Waals surface area (Å²) in [5, 5.41) is 9.23. The van der Waals surface area contributed by atoms with E-state index in [1.807, 2.05) is 0 Å². The Bertz CT molecular complexity index is 493. The van der Waals surface area contributed by atoms with Gasteiger partial charge < -0.3 is 4.90 Å². The number of benzene rings is 1. The average molecular weight is 284 g/mol. The van der Waals surface area contributed by atoms with E-state index in [1.165, 1.54) is 43.6 Å². The van der Waals surface area contributed by atoms with Gasteiger partial charge in [0.05, 0.1) is 11.6 Å². The molecule has 2 heteroatoms. The van der Waals surface area contributed by atoms with Gasteiger partial charge >= 0.3 is 0 Å². The van der Waals surface area contributed by atoms with Gasteiger partial charge in [0.1, 0.15) is 0 Å². The van der Waals surface area contributed by atoms with Gasteiger partial charge in [-0.3, -0.25) is 0 Å². The van der Waals surface area contributed by atoms with E-state index in [-0.39, 0.29) is 0 Å². The van der Waals surface area contributed by atoms with Crippen molar-refractivity contribution in [1.29, 1.82) is 5.26 Å². The predicted molar refractivity (Wildman–Crippen MR) is 88.2 cm³/mol. The van der Waals surface area contributed by atoms with Crippen molar-refractivity contribution in [2.75, 3.05) is 19.6 Å². The molecule has 2 rings (SSSR count). The van der Waals surface area contributed by atoms with E-state index in [0.717, 1.165) is 18.4 Å². The first-order chi connectivity index (χ1) is 10.1. The highest BCUT2D eigenvalue weighted by atomic mass is 15.1. The molecule has 0 spiro atoms. The van der Waals surface area contributed by atoms with Crippen LogP contribution in [0.5, 0.6) is 0 Å². The molecule has 1 heterocycles. The van der Waals surface area contributed by atoms with Gasteiger partial charge in [-0.25, -0.2) is 0 Å². The van der Waals surface area contributed by atoms with Gasteiger partial charge in [0.2, 0.25) is 0 Å². The Morgan fingerprint density at radius 1 is 1.05 bits per heavy atom. The molecule has 1 aromatic rings. The van der Waals surface area contributed by atoms with Crippen LogP contribution in [0, 0.1) is 23.2 Å². The second kappa shape index (κ2) is 7.61. The van der Waals surface area contributed by atoms with E-state index in [9.17, 15) is 5.26 Å². The second-order valence-electron chi connectivity index (χ2n) is 7.06. The predicted octanol–water partition coefficient (Wildman–Crippen LogP) is 4.03. The van der Waals surface area contributed by atoms with Crippen LogP contribution in [-0.4, -0.2) is 24.5 Å². The summed E-state index contributed by atoms with van der Waals surface area (Å²) in [6.45, 7) is 10.5. The molecule has 1 aliphatic heterocycles. The smallest absolute Gasteiger partial charge is 0.0991 e. The van der Waals surface area contributed by atoms with Gasteiger partial charge in [0, 0.05) is 6.54 Å². The zero-order chi connectivity index (χ0) is 15.2. The summed E-state index contributed by atoms with van der Waals surface area (Å²) in [4.78, 5) is 2.58. The fraction of sp³-hybridized carbons (Fsp3) is 0.632. The van der Waals surface area contributed by atoms with Crippen LogP contribution in [0.2, 0.25) is 0 Å². The first kappa shape index (κ1) is 16.0. The third-order valence-electron chi connectivity index (χ3n) is 4.18. The average Bonchev–Trinajstić information content (AvgIpc) is 2.90. The summed E-state index contributed by atoms with van der Waals surface area (Å²) < 4.78 is 0. The molecule has 1 unspecified atom stereocenters. The van der Waals surface area contributed by atoms with E-state index < -0.39 is 0 Å². The van der Waals surface area contributed by atoms with Crippen molar-refractivity contribution in [3.05, 3.63) is 34.9 Å². The number of hydrogen-bond donors (Lipinski definition) is 0. The highest BCUT2D eigenvalue weighted by molar-refractivity contribution is 5.38. The molecular formula is C19H28N2. The van der Waals surface area contributed by atoms with Crippen molar-refractivity contribution < 1.29 is 0 Å². The molecule has 1 fully saturated rings. The lowest BCUT2D eigenvalue weighted by Crippen LogP contribution is -2.26. The zero-order valence-corrected chi connectivity index (χ0v) is 13.7. The molecule has 1 aromatic carbocycles. The molecule has 21 heavy (non-hydrogen) atoms. The topological polar surface area (TPSA) is 27.0 Å². The molecular weight excluding hydrogens is 256 g/mol. The standard InChI is InChI=1S/C19H28N2/c1-15(2)8-17-10-18(12-19(11-17)13-20)9-16(3)14-21-6-4-5-7-21/h10-12,15-16H,4-9,14H2,1-3H3. The Morgan fingerprint density at radius 2 is 1.67 bits per heavy atom. The quantitative estimate of drug-likeness (QED) is 0.788. The molecule has 0 aliphatic carbocycles. The monoisotopic (exact) mass is 284 g/mol. The lowest BCUT2D eigenvalue weighted by Gasteiger charge is -2.20. The van der Waals surface area contributed by atoms with Gasteiger partial charge in [-0.2, -0.15) is 5.26 Å². The molecule has 0 amide bonds. The molecule has 0 aromatic heterocycles. The summed E-state index contributed by atoms with van der Waals surface area (Å²) in [5.74, 6) is 1.29. The number of nitriles is 1. The van der Waals surface area contributed by atoms with Crippen molar-refractivity contribution >= 4 is 0 Å². The minimum absolute atomic E-state index is 0.633. The maximum atomic E-state index is 9.23. The zero-order valence-electron chi connectivity index (χ0n) is 13.7. The fourth-order valence-electron chi connectivity index (χ4n) is 3.41. The normalized spacial score (nSPS) is 17.1. The van der Waals surface area contributed by atoms with Crippen LogP contribution in [0.4, 0.5) is 0 Å². The van der Waals surface area contributed by atoms with Crippen molar-refractivity contribution in [2.24, 2.45) is 11.8 Å². The second-order valence-corrected chi connectivity index (χ2v) is 7.06. The van der Waals surface area contributed by atoms with Gasteiger partial charge in [0.15, 0.2) is 0 Å². The summed E-state index contributed by atoms with van der Waals surface area (Å²) in [5.41, 5.74) is 3.46. The minimum atomic E-state index is 0.633. The number of likely N-dealkylation sites (tertiary alicyclic amines) is 1. The van der Waals surface area contributed by atoms with E-state index >= 15 is 0 Å². The Hall–Kier alpha value is -1.33. The van der Waals surface area contributed by atoms with Gasteiger partial charge in [0.25, 0.3) is 0 Å². The van der Waals surface area contributed by atoms with E-state index in [2.05, 4.69) is 49.9 Å². The maximum Gasteiger partial charge on any atom is 0.0991 e. The lowest BCUT2D eigenvalue weighted by atomic mass is 9.94. The van der Waals surface area contributed by atoms with Crippen LogP contribution in [-0.2, 0) is 12.8 Å². The first-order valence-electron chi connectivity index (χ1n) is 8.32. The van der Waals surface area contributed by atoms with Crippen LogP contribution >= 0.6 is 0 Å². The first-order valence-corrected chi connectivity index (χ1v) is 8.32. The number of hydrogen-bond acceptors (Lipinski definition) is 2. The summed E-state index contributed by atoms with van der Waals surface area (Å²) >= 11 is 0. The molecule has 0 N–H and O–H groups in total. The van der Waals surface area contributed by atoms with Gasteiger partial charge in [-0.05, 0) is 73.9 Å². The number of rotatable bonds is 6. The Morgan fingerprint density at radius 3 is 2.24 bits per heavy atom. The molecule has 0 radical (unpaired) electrons. The van der Waals surface area contributed by atoms with E-state index in [1.54, 1.807) is 0 Å². The van der Waals surface area contributed by atoms with Crippen LogP contribution in [0.3, 0.4) is 0 Å². The van der Waals surface area contributed by atoms with Crippen LogP contribution < -0.4 is 0 Å². The van der Waals surface area contributed by atoms with Crippen molar-refractivity contribution in [3.8, 4) is 6.07 Å². The van der Waals surface area contributed by atoms with Crippen molar-refractivity contribution in [3.63, 3.8) is 0 Å². The minimum Gasteiger partial charge on any atom is -0.303 e. The van der Waals surface area contributed by atoms with Crippen molar-refractivity contribution in [2.45, 2.75) is 46.5 Å². The Kier molecular flexibility index (Phi) is 5.82. The molecule has 1 aliphatic rings. The summed E-state index contributed by atoms with van der Waals surface area (Å²) in [7, 11) is 0. The maximum absolute atomic E-state index is 9.23. The van der Waals surface area contributed by atoms with Gasteiger partial charge in [-0.1, -0.05) is 26.8 Å². The largest absolute Gasteiger partial charge is 0.303 e. The Balaban J connectivity index is 2.02. The van der Waals surface area contributed by atoms with Crippen LogP contribution in [0.15, 0.2) is 18.2 Å². The molecule has 1 saturated heterocycles. The SMILES string of the molecule is CC(C)Cc1cc(C#N)cc(CC(C)CN2CCCC2)c1. The molecule has 1 atom stereocenters. The van der Waals surface area contributed by atoms with Crippen LogP contribution in [0.25, 0.3) is 0 Å². The summed E-state index contributed by atoms with van der Waals surface area (Å²) in [6.07, 6.45) is 4.85. The fourth-order valence-corrected chi connectivity index (χ4v) is 3.41. The van der Waals surface area contributed by atoms with Crippen molar-refractivity contribution in [1.82, 2.24) is 4.90 Å². The highest BCUT2D eigenvalue weighted by Gasteiger charge is 2.15. The third-order valence-corrected chi connectivity index (χ3v) is 4.18. The van der Waals surface area contributed by atoms with Gasteiger partial charge in [-0.15, -0.1) is 0 Å². The summed E-state index contributed by atoms with van der Waals surface area (Å²) in [6, 6.07) is 8.75. The molecule has 114 valence electrons. The van der Waals surface area contributed by atoms with E-state index in [0.29, 0.717) is 11.8 Å². The number of nitrogens with zero attached hydrogens (tertiary/aromatic N) is 2. The van der Waals surface area contributed by atoms with Crippen LogP contribution in [0.1, 0.15) is 50.3 Å². The lowest BCUT2D eigenvalue weighted by molar-refractivity contribution is 0.287. The highest BCUT2D eigenvalue weighted by Crippen LogP contribution is 2.18.